The highest BCUT2D eigenvalue weighted by Crippen LogP contribution is 2.35. The molecule has 0 bridgehead atoms. The number of hydrogen-bond acceptors (Lipinski definition) is 5. The maximum atomic E-state index is 12.3. The Morgan fingerprint density at radius 3 is 2.69 bits per heavy atom. The number of hydrogen-bond donors (Lipinski definition) is 1. The second-order valence-electron chi connectivity index (χ2n) is 5.57. The number of thiophene rings is 1. The Bertz CT molecular complexity index is 983. The van der Waals surface area contributed by atoms with Crippen LogP contribution >= 0.6 is 22.9 Å². The third kappa shape index (κ3) is 3.81. The normalized spacial score (nSPS) is 10.6. The third-order valence-electron chi connectivity index (χ3n) is 3.68. The molecule has 1 heterocycles. The zero-order valence-electron chi connectivity index (χ0n) is 14.2. The Labute approximate surface area is 159 Å². The molecule has 0 radical (unpaired) electrons. The third-order valence-corrected chi connectivity index (χ3v) is 5.34. The largest absolute Gasteiger partial charge is 0.495 e. The summed E-state index contributed by atoms with van der Waals surface area (Å²) in [5, 5.41) is 3.82. The molecule has 0 saturated heterocycles. The molecule has 0 atom stereocenters. The van der Waals surface area contributed by atoms with Crippen LogP contribution in [0, 0.1) is 6.92 Å². The van der Waals surface area contributed by atoms with Gasteiger partial charge in [0.1, 0.15) is 10.6 Å². The summed E-state index contributed by atoms with van der Waals surface area (Å²) in [5.41, 5.74) is 1.49. The van der Waals surface area contributed by atoms with Gasteiger partial charge >= 0.3 is 5.97 Å². The molecule has 0 unspecified atom stereocenters. The van der Waals surface area contributed by atoms with Crippen LogP contribution in [0.1, 0.15) is 15.2 Å². The molecule has 0 aliphatic carbocycles. The molecule has 1 aromatic heterocycles. The fourth-order valence-electron chi connectivity index (χ4n) is 2.45. The zero-order chi connectivity index (χ0) is 18.7. The van der Waals surface area contributed by atoms with Gasteiger partial charge in [-0.3, -0.25) is 4.79 Å². The maximum Gasteiger partial charge on any atom is 0.350 e. The summed E-state index contributed by atoms with van der Waals surface area (Å²) in [7, 11) is 1.52. The molecule has 1 amide bonds. The van der Waals surface area contributed by atoms with Gasteiger partial charge in [-0.2, -0.15) is 0 Å². The first-order valence-electron chi connectivity index (χ1n) is 7.78. The zero-order valence-corrected chi connectivity index (χ0v) is 15.7. The first kappa shape index (κ1) is 18.2. The van der Waals surface area contributed by atoms with Crippen molar-refractivity contribution >= 4 is 50.6 Å². The maximum absolute atomic E-state index is 12.3. The molecule has 1 N–H and O–H groups in total. The van der Waals surface area contributed by atoms with Crippen molar-refractivity contribution in [3.63, 3.8) is 0 Å². The minimum atomic E-state index is -0.623. The van der Waals surface area contributed by atoms with E-state index in [0.717, 1.165) is 15.6 Å². The van der Waals surface area contributed by atoms with E-state index in [1.807, 2.05) is 37.3 Å². The monoisotopic (exact) mass is 389 g/mol. The van der Waals surface area contributed by atoms with Crippen LogP contribution in [0.3, 0.4) is 0 Å². The van der Waals surface area contributed by atoms with E-state index in [0.29, 0.717) is 16.5 Å². The number of anilines is 1. The lowest BCUT2D eigenvalue weighted by Crippen LogP contribution is -2.21. The number of esters is 1. The van der Waals surface area contributed by atoms with Gasteiger partial charge in [0.25, 0.3) is 5.91 Å². The van der Waals surface area contributed by atoms with Crippen molar-refractivity contribution in [2.45, 2.75) is 6.92 Å². The Morgan fingerprint density at radius 1 is 1.19 bits per heavy atom. The Hall–Kier alpha value is -2.57. The van der Waals surface area contributed by atoms with Crippen LogP contribution < -0.4 is 10.1 Å². The van der Waals surface area contributed by atoms with Crippen LogP contribution in [0.2, 0.25) is 5.02 Å². The predicted octanol–water partition coefficient (Wildman–Crippen LogP) is 4.67. The van der Waals surface area contributed by atoms with Crippen LogP contribution in [-0.4, -0.2) is 25.6 Å². The van der Waals surface area contributed by atoms with Gasteiger partial charge in [0, 0.05) is 10.1 Å². The number of fused-ring (bicyclic) bond motifs is 1. The van der Waals surface area contributed by atoms with Gasteiger partial charge in [0.15, 0.2) is 6.61 Å². The van der Waals surface area contributed by atoms with E-state index in [1.165, 1.54) is 18.4 Å². The highest BCUT2D eigenvalue weighted by Gasteiger charge is 2.19. The van der Waals surface area contributed by atoms with E-state index < -0.39 is 18.5 Å². The van der Waals surface area contributed by atoms with Gasteiger partial charge < -0.3 is 14.8 Å². The van der Waals surface area contributed by atoms with E-state index >= 15 is 0 Å². The molecule has 5 nitrogen and oxygen atoms in total. The second-order valence-corrected chi connectivity index (χ2v) is 7.00. The van der Waals surface area contributed by atoms with Crippen molar-refractivity contribution in [1.82, 2.24) is 0 Å². The summed E-state index contributed by atoms with van der Waals surface area (Å²) in [4.78, 5) is 24.7. The van der Waals surface area contributed by atoms with E-state index in [2.05, 4.69) is 5.32 Å². The number of halogens is 1. The van der Waals surface area contributed by atoms with Crippen molar-refractivity contribution in [2.24, 2.45) is 0 Å². The lowest BCUT2D eigenvalue weighted by Gasteiger charge is -2.11. The molecule has 0 spiro atoms. The van der Waals surface area contributed by atoms with E-state index in [1.54, 1.807) is 12.1 Å². The molecule has 26 heavy (non-hydrogen) atoms. The summed E-state index contributed by atoms with van der Waals surface area (Å²) >= 11 is 7.48. The van der Waals surface area contributed by atoms with Crippen molar-refractivity contribution in [3.8, 4) is 5.75 Å². The van der Waals surface area contributed by atoms with Gasteiger partial charge in [0.05, 0.1) is 17.8 Å². The number of carbonyl (C=O) groups excluding carboxylic acids is 2. The Balaban J connectivity index is 1.66. The molecular weight excluding hydrogens is 374 g/mol. The topological polar surface area (TPSA) is 64.6 Å². The predicted molar refractivity (Wildman–Crippen MR) is 103 cm³/mol. The number of carbonyl (C=O) groups is 2. The second kappa shape index (κ2) is 7.76. The van der Waals surface area contributed by atoms with Crippen molar-refractivity contribution < 1.29 is 19.1 Å². The smallest absolute Gasteiger partial charge is 0.350 e. The molecule has 0 aliphatic heterocycles. The number of nitrogens with one attached hydrogen (secondary N) is 1. The molecular formula is C19H16ClNO4S. The summed E-state index contributed by atoms with van der Waals surface area (Å²) in [6.07, 6.45) is 0. The fourth-order valence-corrected chi connectivity index (χ4v) is 3.85. The molecule has 2 aromatic carbocycles. The van der Waals surface area contributed by atoms with Crippen LogP contribution in [0.5, 0.6) is 5.75 Å². The summed E-state index contributed by atoms with van der Waals surface area (Å²) < 4.78 is 11.2. The number of methoxy groups -OCH3 is 1. The van der Waals surface area contributed by atoms with Crippen molar-refractivity contribution in [3.05, 3.63) is 57.9 Å². The highest BCUT2D eigenvalue weighted by atomic mass is 35.5. The quantitative estimate of drug-likeness (QED) is 0.644. The molecule has 134 valence electrons. The number of aryl methyl sites for hydroxylation is 1. The molecule has 0 fully saturated rings. The van der Waals surface area contributed by atoms with E-state index in [4.69, 9.17) is 21.1 Å². The first-order valence-corrected chi connectivity index (χ1v) is 8.97. The van der Waals surface area contributed by atoms with E-state index in [9.17, 15) is 9.59 Å². The standard InChI is InChI=1S/C19H16ClNO4S/c1-11-7-8-14(24-2)13(9-11)21-16(22)10-25-19(23)18-17(20)12-5-3-4-6-15(12)26-18/h3-9H,10H2,1-2H3,(H,21,22). The lowest BCUT2D eigenvalue weighted by molar-refractivity contribution is -0.119. The average Bonchev–Trinajstić information content (AvgIpc) is 2.97. The SMILES string of the molecule is COc1ccc(C)cc1NC(=O)COC(=O)c1sc2ccccc2c1Cl. The molecule has 0 aliphatic rings. The summed E-state index contributed by atoms with van der Waals surface area (Å²) in [6, 6.07) is 12.8. The van der Waals surface area contributed by atoms with Crippen LogP contribution in [0.25, 0.3) is 10.1 Å². The van der Waals surface area contributed by atoms with Gasteiger partial charge in [-0.1, -0.05) is 35.9 Å². The van der Waals surface area contributed by atoms with Gasteiger partial charge in [-0.05, 0) is 30.7 Å². The average molecular weight is 390 g/mol. The molecule has 3 rings (SSSR count). The first-order chi connectivity index (χ1) is 12.5. The van der Waals surface area contributed by atoms with Crippen LogP contribution in [0.4, 0.5) is 5.69 Å². The summed E-state index contributed by atoms with van der Waals surface area (Å²) in [6.45, 7) is 1.49. The van der Waals surface area contributed by atoms with Crippen molar-refractivity contribution in [2.75, 3.05) is 19.0 Å². The van der Waals surface area contributed by atoms with E-state index in [-0.39, 0.29) is 4.88 Å². The Kier molecular flexibility index (Phi) is 5.44. The number of ether oxygens (including phenoxy) is 2. The van der Waals surface area contributed by atoms with Gasteiger partial charge in [0.2, 0.25) is 0 Å². The van der Waals surface area contributed by atoms with Gasteiger partial charge in [-0.15, -0.1) is 11.3 Å². The van der Waals surface area contributed by atoms with Crippen LogP contribution in [0.15, 0.2) is 42.5 Å². The fraction of sp³-hybridized carbons (Fsp3) is 0.158. The van der Waals surface area contributed by atoms with Gasteiger partial charge in [-0.25, -0.2) is 4.79 Å². The van der Waals surface area contributed by atoms with Crippen molar-refractivity contribution in [1.29, 1.82) is 0 Å². The Morgan fingerprint density at radius 2 is 1.96 bits per heavy atom. The molecule has 0 saturated carbocycles. The number of benzene rings is 2. The number of amides is 1. The lowest BCUT2D eigenvalue weighted by atomic mass is 10.2. The van der Waals surface area contributed by atoms with Crippen LogP contribution in [-0.2, 0) is 9.53 Å². The minimum Gasteiger partial charge on any atom is -0.495 e. The summed E-state index contributed by atoms with van der Waals surface area (Å²) in [5.74, 6) is -0.551. The molecule has 3 aromatic rings. The highest BCUT2D eigenvalue weighted by molar-refractivity contribution is 7.21. The molecule has 7 heteroatoms. The number of rotatable bonds is 5. The minimum absolute atomic E-state index is 0.286.